The van der Waals surface area contributed by atoms with Gasteiger partial charge in [-0.15, -0.1) is 0 Å². The van der Waals surface area contributed by atoms with Gasteiger partial charge in [0.15, 0.2) is 0 Å². The minimum atomic E-state index is -0.318. The topological polar surface area (TPSA) is 78.9 Å². The molecule has 2 rings (SSSR count). The predicted molar refractivity (Wildman–Crippen MR) is 136 cm³/mol. The zero-order valence-electron chi connectivity index (χ0n) is 21.5. The molecule has 0 spiro atoms. The lowest BCUT2D eigenvalue weighted by Crippen LogP contribution is -2.20. The van der Waals surface area contributed by atoms with E-state index in [0.29, 0.717) is 12.2 Å². The third-order valence-electron chi connectivity index (χ3n) is 5.58. The van der Waals surface area contributed by atoms with Crippen molar-refractivity contribution in [2.45, 2.75) is 116 Å². The highest BCUT2D eigenvalue weighted by molar-refractivity contribution is 5.87. The fraction of sp³-hybridized carbons (Fsp3) is 0.679. The van der Waals surface area contributed by atoms with Crippen molar-refractivity contribution in [1.82, 2.24) is 0 Å². The van der Waals surface area contributed by atoms with E-state index < -0.39 is 0 Å². The number of carbonyl (C=O) groups is 3. The van der Waals surface area contributed by atoms with Crippen LogP contribution in [0.15, 0.2) is 37.5 Å². The van der Waals surface area contributed by atoms with Crippen molar-refractivity contribution in [2.24, 2.45) is 0 Å². The molecule has 2 aliphatic carbocycles. The first-order valence-corrected chi connectivity index (χ1v) is 12.8. The largest absolute Gasteiger partial charge is 0.463 e. The van der Waals surface area contributed by atoms with Crippen LogP contribution in [0.25, 0.3) is 0 Å². The Hall–Kier alpha value is -2.37. The van der Waals surface area contributed by atoms with Crippen LogP contribution >= 0.6 is 0 Å². The summed E-state index contributed by atoms with van der Waals surface area (Å²) in [6.07, 6.45) is 18.7. The van der Waals surface area contributed by atoms with E-state index in [1.54, 1.807) is 6.92 Å². The molecule has 34 heavy (non-hydrogen) atoms. The van der Waals surface area contributed by atoms with Crippen molar-refractivity contribution in [1.29, 1.82) is 0 Å². The Labute approximate surface area is 206 Å². The van der Waals surface area contributed by atoms with Gasteiger partial charge in [-0.3, -0.25) is 0 Å². The van der Waals surface area contributed by atoms with E-state index in [1.807, 2.05) is 0 Å². The molecule has 0 aliphatic heterocycles. The number of rotatable bonds is 10. The standard InChI is InChI=1S/C10H16O2.C9H14O2.C9H16O2/c1-8(2)10(11)12-9-6-4-3-5-7-9;1-2-9(10)11-8-6-4-3-5-7-8;1-3-5-6-7-8-11-9(10)4-2/h9H,1,3-7H2,2H3;2,8H,1,3-7H2;4H,2-3,5-8H2,1H3. The minimum Gasteiger partial charge on any atom is -0.463 e. The van der Waals surface area contributed by atoms with Gasteiger partial charge in [-0.1, -0.05) is 58.8 Å². The molecule has 0 radical (unpaired) electrons. The molecule has 0 aromatic heterocycles. The van der Waals surface area contributed by atoms with Crippen LogP contribution < -0.4 is 0 Å². The molecule has 0 heterocycles. The summed E-state index contributed by atoms with van der Waals surface area (Å²) in [5, 5.41) is 0. The van der Waals surface area contributed by atoms with Crippen LogP contribution in [0.4, 0.5) is 0 Å². The summed E-state index contributed by atoms with van der Waals surface area (Å²) in [4.78, 5) is 32.3. The number of hydrogen-bond acceptors (Lipinski definition) is 6. The predicted octanol–water partition coefficient (Wildman–Crippen LogP) is 6.78. The first kappa shape index (κ1) is 31.6. The maximum Gasteiger partial charge on any atom is 0.333 e. The first-order valence-electron chi connectivity index (χ1n) is 12.8. The summed E-state index contributed by atoms with van der Waals surface area (Å²) >= 11 is 0. The highest BCUT2D eigenvalue weighted by atomic mass is 16.5. The van der Waals surface area contributed by atoms with Gasteiger partial charge < -0.3 is 14.2 Å². The smallest absolute Gasteiger partial charge is 0.333 e. The van der Waals surface area contributed by atoms with Gasteiger partial charge in [-0.2, -0.15) is 0 Å². The van der Waals surface area contributed by atoms with Crippen molar-refractivity contribution in [3.63, 3.8) is 0 Å². The molecule has 194 valence electrons. The Kier molecular flexibility index (Phi) is 19.7. The summed E-state index contributed by atoms with van der Waals surface area (Å²) in [5.41, 5.74) is 0.501. The lowest BCUT2D eigenvalue weighted by molar-refractivity contribution is -0.146. The Bertz CT molecular complexity index is 612. The zero-order chi connectivity index (χ0) is 25.6. The molecule has 0 amide bonds. The lowest BCUT2D eigenvalue weighted by Gasteiger charge is -2.21. The van der Waals surface area contributed by atoms with E-state index in [0.717, 1.165) is 38.5 Å². The Morgan fingerprint density at radius 2 is 1.26 bits per heavy atom. The van der Waals surface area contributed by atoms with Gasteiger partial charge in [-0.05, 0) is 64.7 Å². The highest BCUT2D eigenvalue weighted by Crippen LogP contribution is 2.21. The summed E-state index contributed by atoms with van der Waals surface area (Å²) in [6.45, 7) is 14.6. The van der Waals surface area contributed by atoms with Crippen LogP contribution in [0.3, 0.4) is 0 Å². The number of ether oxygens (including phenoxy) is 3. The van der Waals surface area contributed by atoms with E-state index in [1.165, 1.54) is 63.5 Å². The van der Waals surface area contributed by atoms with Crippen molar-refractivity contribution >= 4 is 17.9 Å². The Balaban J connectivity index is 0.000000481. The normalized spacial score (nSPS) is 15.8. The maximum atomic E-state index is 11.1. The molecule has 0 aromatic rings. The second-order valence-electron chi connectivity index (χ2n) is 8.78. The minimum absolute atomic E-state index is 0.156. The number of esters is 3. The van der Waals surface area contributed by atoms with Crippen LogP contribution in [-0.2, 0) is 28.6 Å². The van der Waals surface area contributed by atoms with Crippen molar-refractivity contribution in [2.75, 3.05) is 6.61 Å². The fourth-order valence-corrected chi connectivity index (χ4v) is 3.59. The first-order chi connectivity index (χ1) is 16.3. The van der Waals surface area contributed by atoms with Crippen LogP contribution in [0.5, 0.6) is 0 Å². The summed E-state index contributed by atoms with van der Waals surface area (Å²) in [6, 6.07) is 0. The second kappa shape index (κ2) is 21.2. The monoisotopic (exact) mass is 478 g/mol. The molecule has 0 N–H and O–H groups in total. The molecular weight excluding hydrogens is 432 g/mol. The van der Waals surface area contributed by atoms with Crippen molar-refractivity contribution in [3.05, 3.63) is 37.5 Å². The summed E-state index contributed by atoms with van der Waals surface area (Å²) < 4.78 is 15.1. The maximum absolute atomic E-state index is 11.1. The third kappa shape index (κ3) is 18.1. The number of hydrogen-bond donors (Lipinski definition) is 0. The molecule has 6 nitrogen and oxygen atoms in total. The molecule has 2 aliphatic rings. The molecule has 6 heteroatoms. The quantitative estimate of drug-likeness (QED) is 0.149. The van der Waals surface area contributed by atoms with Crippen molar-refractivity contribution < 1.29 is 28.6 Å². The lowest BCUT2D eigenvalue weighted by atomic mass is 9.98. The molecule has 0 unspecified atom stereocenters. The van der Waals surface area contributed by atoms with Gasteiger partial charge in [0, 0.05) is 17.7 Å². The summed E-state index contributed by atoms with van der Waals surface area (Å²) in [5.74, 6) is -0.833. The van der Waals surface area contributed by atoms with Crippen LogP contribution in [0, 0.1) is 0 Å². The SMILES string of the molecule is C=C(C)C(=O)OC1CCCCC1.C=CC(=O)OC1CCCCC1.C=CC(=O)OCCCCCC. The van der Waals surface area contributed by atoms with Crippen LogP contribution in [0.1, 0.15) is 104 Å². The van der Waals surface area contributed by atoms with Crippen LogP contribution in [0.2, 0.25) is 0 Å². The Morgan fingerprint density at radius 3 is 1.71 bits per heavy atom. The van der Waals surface area contributed by atoms with Crippen LogP contribution in [-0.4, -0.2) is 36.7 Å². The van der Waals surface area contributed by atoms with E-state index >= 15 is 0 Å². The fourth-order valence-electron chi connectivity index (χ4n) is 3.59. The van der Waals surface area contributed by atoms with Gasteiger partial charge in [0.05, 0.1) is 6.61 Å². The Morgan fingerprint density at radius 1 is 0.765 bits per heavy atom. The molecule has 2 fully saturated rings. The van der Waals surface area contributed by atoms with Crippen molar-refractivity contribution in [3.8, 4) is 0 Å². The molecular formula is C28H46O6. The van der Waals surface area contributed by atoms with E-state index in [9.17, 15) is 14.4 Å². The van der Waals surface area contributed by atoms with Gasteiger partial charge in [0.25, 0.3) is 0 Å². The van der Waals surface area contributed by atoms with E-state index in [4.69, 9.17) is 14.2 Å². The summed E-state index contributed by atoms with van der Waals surface area (Å²) in [7, 11) is 0. The van der Waals surface area contributed by atoms with Gasteiger partial charge in [-0.25, -0.2) is 14.4 Å². The second-order valence-corrected chi connectivity index (χ2v) is 8.78. The number of carbonyl (C=O) groups excluding carboxylic acids is 3. The van der Waals surface area contributed by atoms with E-state index in [2.05, 4.69) is 26.7 Å². The molecule has 0 saturated heterocycles. The number of unbranched alkanes of at least 4 members (excludes halogenated alkanes) is 3. The van der Waals surface area contributed by atoms with Gasteiger partial charge >= 0.3 is 17.9 Å². The molecule has 0 aromatic carbocycles. The molecule has 2 saturated carbocycles. The molecule has 0 atom stereocenters. The third-order valence-corrected chi connectivity index (χ3v) is 5.58. The average Bonchev–Trinajstić information content (AvgIpc) is 2.85. The van der Waals surface area contributed by atoms with E-state index in [-0.39, 0.29) is 30.1 Å². The molecule has 0 bridgehead atoms. The zero-order valence-corrected chi connectivity index (χ0v) is 21.5. The van der Waals surface area contributed by atoms with Gasteiger partial charge in [0.1, 0.15) is 12.2 Å². The highest BCUT2D eigenvalue weighted by Gasteiger charge is 2.17. The van der Waals surface area contributed by atoms with Gasteiger partial charge in [0.2, 0.25) is 0 Å². The average molecular weight is 479 g/mol.